The van der Waals surface area contributed by atoms with Crippen LogP contribution >= 0.6 is 11.6 Å². The molecule has 0 bridgehead atoms. The van der Waals surface area contributed by atoms with Gasteiger partial charge in [0.05, 0.1) is 11.1 Å². The van der Waals surface area contributed by atoms with Gasteiger partial charge in [0, 0.05) is 26.7 Å². The number of carbonyl (C=O) groups is 1. The molecule has 1 unspecified atom stereocenters. The maximum Gasteiger partial charge on any atom is 0.273 e. The molecule has 1 saturated heterocycles. The summed E-state index contributed by atoms with van der Waals surface area (Å²) < 4.78 is 5.56. The molecule has 1 aliphatic heterocycles. The fourth-order valence-corrected chi connectivity index (χ4v) is 2.49. The van der Waals surface area contributed by atoms with Crippen LogP contribution in [-0.4, -0.2) is 48.6 Å². The molecule has 0 aromatic carbocycles. The standard InChI is InChI=1S/C15H22ClN3O2/c1-3-8-17-13-7-6-12(16)14(18-13)15(20)19(2)10-11-5-4-9-21-11/h6-7,11H,3-5,8-10H2,1-2H3,(H,17,18). The number of nitrogens with zero attached hydrogens (tertiary/aromatic N) is 2. The Bertz CT molecular complexity index is 490. The Morgan fingerprint density at radius 3 is 3.05 bits per heavy atom. The van der Waals surface area contributed by atoms with Crippen LogP contribution in [0.2, 0.25) is 5.02 Å². The molecule has 2 rings (SSSR count). The van der Waals surface area contributed by atoms with Crippen molar-refractivity contribution in [3.05, 3.63) is 22.8 Å². The van der Waals surface area contributed by atoms with Gasteiger partial charge in [-0.1, -0.05) is 18.5 Å². The molecule has 1 amide bonds. The van der Waals surface area contributed by atoms with Gasteiger partial charge in [-0.25, -0.2) is 4.98 Å². The molecule has 1 N–H and O–H groups in total. The first-order chi connectivity index (χ1) is 10.1. The summed E-state index contributed by atoms with van der Waals surface area (Å²) in [5, 5.41) is 3.54. The smallest absolute Gasteiger partial charge is 0.273 e. The number of ether oxygens (including phenoxy) is 1. The summed E-state index contributed by atoms with van der Waals surface area (Å²) >= 11 is 6.12. The van der Waals surface area contributed by atoms with E-state index in [9.17, 15) is 4.79 Å². The minimum Gasteiger partial charge on any atom is -0.376 e. The Morgan fingerprint density at radius 1 is 1.57 bits per heavy atom. The van der Waals surface area contributed by atoms with Gasteiger partial charge in [-0.2, -0.15) is 0 Å². The Labute approximate surface area is 130 Å². The van der Waals surface area contributed by atoms with Crippen LogP contribution in [0.4, 0.5) is 5.82 Å². The number of nitrogens with one attached hydrogen (secondary N) is 1. The van der Waals surface area contributed by atoms with Gasteiger partial charge < -0.3 is 15.0 Å². The lowest BCUT2D eigenvalue weighted by atomic mass is 10.2. The van der Waals surface area contributed by atoms with Crippen molar-refractivity contribution in [2.75, 3.05) is 32.1 Å². The summed E-state index contributed by atoms with van der Waals surface area (Å²) in [5.41, 5.74) is 0.290. The minimum atomic E-state index is -0.171. The van der Waals surface area contributed by atoms with Crippen molar-refractivity contribution in [3.8, 4) is 0 Å². The quantitative estimate of drug-likeness (QED) is 0.877. The summed E-state index contributed by atoms with van der Waals surface area (Å²) in [6.07, 6.45) is 3.17. The molecule has 0 saturated carbocycles. The third-order valence-electron chi connectivity index (χ3n) is 3.45. The molecule has 1 atom stereocenters. The molecule has 116 valence electrons. The summed E-state index contributed by atoms with van der Waals surface area (Å²) in [7, 11) is 1.76. The maximum atomic E-state index is 12.5. The van der Waals surface area contributed by atoms with Gasteiger partial charge >= 0.3 is 0 Å². The van der Waals surface area contributed by atoms with Gasteiger partial charge in [-0.05, 0) is 31.4 Å². The predicted octanol–water partition coefficient (Wildman–Crippen LogP) is 2.81. The minimum absolute atomic E-state index is 0.124. The Balaban J connectivity index is 2.05. The molecule has 1 aromatic rings. The van der Waals surface area contributed by atoms with E-state index in [-0.39, 0.29) is 12.0 Å². The number of likely N-dealkylation sites (N-methyl/N-ethyl adjacent to an activating group) is 1. The van der Waals surface area contributed by atoms with Crippen molar-refractivity contribution >= 4 is 23.3 Å². The Morgan fingerprint density at radius 2 is 2.38 bits per heavy atom. The molecule has 6 heteroatoms. The Hall–Kier alpha value is -1.33. The van der Waals surface area contributed by atoms with E-state index in [0.717, 1.165) is 32.4 Å². The van der Waals surface area contributed by atoms with Crippen molar-refractivity contribution in [3.63, 3.8) is 0 Å². The summed E-state index contributed by atoms with van der Waals surface area (Å²) in [5.74, 6) is 0.505. The van der Waals surface area contributed by atoms with Gasteiger partial charge in [-0.3, -0.25) is 4.79 Å². The fourth-order valence-electron chi connectivity index (χ4n) is 2.30. The highest BCUT2D eigenvalue weighted by Gasteiger charge is 2.23. The van der Waals surface area contributed by atoms with Crippen LogP contribution in [0, 0.1) is 0 Å². The zero-order valence-corrected chi connectivity index (χ0v) is 13.3. The number of hydrogen-bond donors (Lipinski definition) is 1. The lowest BCUT2D eigenvalue weighted by molar-refractivity contribution is 0.0583. The van der Waals surface area contributed by atoms with Crippen molar-refractivity contribution in [1.29, 1.82) is 0 Å². The second kappa shape index (κ2) is 7.61. The number of pyridine rings is 1. The lowest BCUT2D eigenvalue weighted by Crippen LogP contribution is -2.34. The largest absolute Gasteiger partial charge is 0.376 e. The highest BCUT2D eigenvalue weighted by atomic mass is 35.5. The second-order valence-corrected chi connectivity index (χ2v) is 5.68. The molecule has 1 aromatic heterocycles. The third-order valence-corrected chi connectivity index (χ3v) is 3.76. The Kier molecular flexibility index (Phi) is 5.82. The van der Waals surface area contributed by atoms with Gasteiger partial charge in [0.2, 0.25) is 0 Å². The highest BCUT2D eigenvalue weighted by Crippen LogP contribution is 2.19. The number of aromatic nitrogens is 1. The van der Waals surface area contributed by atoms with Crippen LogP contribution in [0.3, 0.4) is 0 Å². The second-order valence-electron chi connectivity index (χ2n) is 5.27. The van der Waals surface area contributed by atoms with E-state index in [0.29, 0.717) is 23.1 Å². The first-order valence-electron chi connectivity index (χ1n) is 7.39. The first-order valence-corrected chi connectivity index (χ1v) is 7.77. The first kappa shape index (κ1) is 16.0. The number of halogens is 1. The average Bonchev–Trinajstić information content (AvgIpc) is 2.98. The van der Waals surface area contributed by atoms with E-state index in [1.807, 2.05) is 0 Å². The molecule has 0 radical (unpaired) electrons. The fraction of sp³-hybridized carbons (Fsp3) is 0.600. The van der Waals surface area contributed by atoms with Gasteiger partial charge in [0.1, 0.15) is 11.5 Å². The number of amides is 1. The topological polar surface area (TPSA) is 54.5 Å². The molecule has 1 aliphatic rings. The molecule has 0 spiro atoms. The monoisotopic (exact) mass is 311 g/mol. The van der Waals surface area contributed by atoms with Crippen molar-refractivity contribution in [2.24, 2.45) is 0 Å². The van der Waals surface area contributed by atoms with Gasteiger partial charge in [-0.15, -0.1) is 0 Å². The molecular formula is C15H22ClN3O2. The van der Waals surface area contributed by atoms with Crippen molar-refractivity contribution < 1.29 is 9.53 Å². The van der Waals surface area contributed by atoms with Crippen LogP contribution in [0.5, 0.6) is 0 Å². The van der Waals surface area contributed by atoms with E-state index in [2.05, 4.69) is 17.2 Å². The van der Waals surface area contributed by atoms with Gasteiger partial charge in [0.25, 0.3) is 5.91 Å². The third kappa shape index (κ3) is 4.32. The van der Waals surface area contributed by atoms with Crippen LogP contribution < -0.4 is 5.32 Å². The molecular weight excluding hydrogens is 290 g/mol. The van der Waals surface area contributed by atoms with Crippen LogP contribution in [0.15, 0.2) is 12.1 Å². The van der Waals surface area contributed by atoms with Crippen molar-refractivity contribution in [1.82, 2.24) is 9.88 Å². The van der Waals surface area contributed by atoms with E-state index in [1.54, 1.807) is 24.1 Å². The van der Waals surface area contributed by atoms with Crippen LogP contribution in [0.1, 0.15) is 36.7 Å². The number of rotatable bonds is 6. The summed E-state index contributed by atoms with van der Waals surface area (Å²) in [6, 6.07) is 3.49. The number of carbonyl (C=O) groups excluding carboxylic acids is 1. The normalized spacial score (nSPS) is 17.8. The van der Waals surface area contributed by atoms with Crippen molar-refractivity contribution in [2.45, 2.75) is 32.3 Å². The van der Waals surface area contributed by atoms with Gasteiger partial charge in [0.15, 0.2) is 0 Å². The van der Waals surface area contributed by atoms with Crippen LogP contribution in [0.25, 0.3) is 0 Å². The molecule has 1 fully saturated rings. The number of hydrogen-bond acceptors (Lipinski definition) is 4. The molecule has 0 aliphatic carbocycles. The zero-order valence-electron chi connectivity index (χ0n) is 12.6. The highest BCUT2D eigenvalue weighted by molar-refractivity contribution is 6.33. The number of anilines is 1. The van der Waals surface area contributed by atoms with E-state index < -0.39 is 0 Å². The summed E-state index contributed by atoms with van der Waals surface area (Å²) in [4.78, 5) is 18.4. The van der Waals surface area contributed by atoms with Crippen LogP contribution in [-0.2, 0) is 4.74 Å². The lowest BCUT2D eigenvalue weighted by Gasteiger charge is -2.21. The molecule has 21 heavy (non-hydrogen) atoms. The van der Waals surface area contributed by atoms with E-state index in [4.69, 9.17) is 16.3 Å². The predicted molar refractivity (Wildman–Crippen MR) is 84.0 cm³/mol. The molecule has 5 nitrogen and oxygen atoms in total. The summed E-state index contributed by atoms with van der Waals surface area (Å²) in [6.45, 7) is 4.24. The van der Waals surface area contributed by atoms with E-state index >= 15 is 0 Å². The molecule has 2 heterocycles. The SMILES string of the molecule is CCCNc1ccc(Cl)c(C(=O)N(C)CC2CCCO2)n1. The van der Waals surface area contributed by atoms with E-state index in [1.165, 1.54) is 0 Å². The average molecular weight is 312 g/mol. The maximum absolute atomic E-state index is 12.5. The zero-order chi connectivity index (χ0) is 15.2.